The lowest BCUT2D eigenvalue weighted by Gasteiger charge is -2.31. The number of piperidine rings is 1. The Hall–Kier alpha value is -3.41. The molecule has 2 N–H and O–H groups in total. The van der Waals surface area contributed by atoms with E-state index in [2.05, 4.69) is 10.3 Å². The fourth-order valence-corrected chi connectivity index (χ4v) is 3.77. The molecule has 3 aromatic rings. The number of carbonyl (C=O) groups is 3. The Morgan fingerprint density at radius 3 is 2.55 bits per heavy atom. The average Bonchev–Trinajstić information content (AvgIpc) is 3.18. The highest BCUT2D eigenvalue weighted by Crippen LogP contribution is 2.22. The summed E-state index contributed by atoms with van der Waals surface area (Å²) in [6, 6.07) is 16.5. The van der Waals surface area contributed by atoms with Crippen LogP contribution in [0.5, 0.6) is 0 Å². The normalized spacial score (nSPS) is 16.6. The van der Waals surface area contributed by atoms with Gasteiger partial charge in [-0.15, -0.1) is 0 Å². The van der Waals surface area contributed by atoms with Crippen molar-refractivity contribution in [3.8, 4) is 0 Å². The van der Waals surface area contributed by atoms with Gasteiger partial charge in [0, 0.05) is 35.2 Å². The largest absolute Gasteiger partial charge is 0.351 e. The van der Waals surface area contributed by atoms with Crippen molar-refractivity contribution in [1.29, 1.82) is 0 Å². The molecule has 0 saturated carbocycles. The van der Waals surface area contributed by atoms with Gasteiger partial charge in [0.25, 0.3) is 5.91 Å². The second kappa shape index (κ2) is 7.91. The van der Waals surface area contributed by atoms with Crippen molar-refractivity contribution in [2.75, 3.05) is 18.4 Å². The van der Waals surface area contributed by atoms with Crippen LogP contribution in [0.2, 0.25) is 0 Å². The van der Waals surface area contributed by atoms with Crippen LogP contribution >= 0.6 is 0 Å². The summed E-state index contributed by atoms with van der Waals surface area (Å²) in [5, 5.41) is 3.90. The number of nitrogens with one attached hydrogen (secondary N) is 2. The van der Waals surface area contributed by atoms with Gasteiger partial charge < -0.3 is 15.2 Å². The van der Waals surface area contributed by atoms with Crippen molar-refractivity contribution in [3.05, 3.63) is 65.9 Å². The molecule has 1 aliphatic heterocycles. The number of benzene rings is 2. The molecule has 4 rings (SSSR count). The molecule has 1 atom stereocenters. The lowest BCUT2D eigenvalue weighted by molar-refractivity contribution is -0.121. The molecule has 1 saturated heterocycles. The van der Waals surface area contributed by atoms with Gasteiger partial charge in [-0.25, -0.2) is 0 Å². The van der Waals surface area contributed by atoms with E-state index >= 15 is 0 Å². The Labute approximate surface area is 168 Å². The number of rotatable bonds is 4. The number of Topliss-reactive ketones (excluding diaryl/α,β-unsaturated/α-hetero) is 1. The second-order valence-electron chi connectivity index (χ2n) is 7.48. The number of hydrogen-bond donors (Lipinski definition) is 2. The zero-order valence-corrected chi connectivity index (χ0v) is 16.3. The van der Waals surface area contributed by atoms with Gasteiger partial charge in [-0.2, -0.15) is 0 Å². The minimum absolute atomic E-state index is 0.0127. The summed E-state index contributed by atoms with van der Waals surface area (Å²) < 4.78 is 0. The molecule has 0 aliphatic carbocycles. The van der Waals surface area contributed by atoms with Crippen LogP contribution in [-0.4, -0.2) is 40.6 Å². The fraction of sp³-hybridized carbons (Fsp3) is 0.261. The first-order chi connectivity index (χ1) is 14.0. The SMILES string of the molecule is CC(=O)c1ccc(NC(=O)[C@@H]2CCCN(C(=O)c3cc4ccccc4[nH]3)C2)cc1. The summed E-state index contributed by atoms with van der Waals surface area (Å²) in [5.74, 6) is -0.454. The lowest BCUT2D eigenvalue weighted by Crippen LogP contribution is -2.43. The highest BCUT2D eigenvalue weighted by Gasteiger charge is 2.29. The number of hydrogen-bond acceptors (Lipinski definition) is 3. The molecule has 6 nitrogen and oxygen atoms in total. The van der Waals surface area contributed by atoms with Crippen LogP contribution in [0.1, 0.15) is 40.6 Å². The van der Waals surface area contributed by atoms with Crippen molar-refractivity contribution in [2.45, 2.75) is 19.8 Å². The number of aromatic nitrogens is 1. The standard InChI is InChI=1S/C23H23N3O3/c1-15(27)16-8-10-19(11-9-16)24-22(28)18-6-4-12-26(14-18)23(29)21-13-17-5-2-3-7-20(17)25-21/h2-3,5,7-11,13,18,25H,4,6,12,14H2,1H3,(H,24,28)/t18-/m1/s1. The summed E-state index contributed by atoms with van der Waals surface area (Å²) in [7, 11) is 0. The Morgan fingerprint density at radius 2 is 1.83 bits per heavy atom. The van der Waals surface area contributed by atoms with Gasteiger partial charge in [0.2, 0.25) is 5.91 Å². The minimum Gasteiger partial charge on any atom is -0.351 e. The van der Waals surface area contributed by atoms with E-state index in [4.69, 9.17) is 0 Å². The van der Waals surface area contributed by atoms with Crippen LogP contribution in [0.25, 0.3) is 10.9 Å². The molecule has 2 aromatic carbocycles. The Balaban J connectivity index is 1.42. The zero-order chi connectivity index (χ0) is 20.4. The van der Waals surface area contributed by atoms with E-state index in [0.717, 1.165) is 23.7 Å². The van der Waals surface area contributed by atoms with Crippen molar-refractivity contribution < 1.29 is 14.4 Å². The molecule has 148 valence electrons. The van der Waals surface area contributed by atoms with Crippen LogP contribution in [0.15, 0.2) is 54.6 Å². The molecule has 0 bridgehead atoms. The van der Waals surface area contributed by atoms with E-state index in [1.807, 2.05) is 30.3 Å². The summed E-state index contributed by atoms with van der Waals surface area (Å²) in [5.41, 5.74) is 2.73. The maximum absolute atomic E-state index is 12.9. The molecule has 29 heavy (non-hydrogen) atoms. The fourth-order valence-electron chi connectivity index (χ4n) is 3.77. The van der Waals surface area contributed by atoms with E-state index in [0.29, 0.717) is 30.0 Å². The van der Waals surface area contributed by atoms with E-state index in [1.165, 1.54) is 6.92 Å². The van der Waals surface area contributed by atoms with Crippen LogP contribution in [0.4, 0.5) is 5.69 Å². The van der Waals surface area contributed by atoms with Gasteiger partial charge >= 0.3 is 0 Å². The molecule has 2 amide bonds. The number of H-pyrrole nitrogens is 1. The van der Waals surface area contributed by atoms with Crippen LogP contribution < -0.4 is 5.32 Å². The molecule has 0 unspecified atom stereocenters. The summed E-state index contributed by atoms with van der Waals surface area (Å²) >= 11 is 0. The van der Waals surface area contributed by atoms with Gasteiger partial charge in [-0.1, -0.05) is 18.2 Å². The Bertz CT molecular complexity index is 1040. The summed E-state index contributed by atoms with van der Waals surface area (Å²) in [4.78, 5) is 41.9. The van der Waals surface area contributed by atoms with Gasteiger partial charge in [-0.05, 0) is 56.2 Å². The van der Waals surface area contributed by atoms with E-state index in [1.54, 1.807) is 29.2 Å². The van der Waals surface area contributed by atoms with Crippen molar-refractivity contribution in [1.82, 2.24) is 9.88 Å². The predicted molar refractivity (Wildman–Crippen MR) is 112 cm³/mol. The Morgan fingerprint density at radius 1 is 1.07 bits per heavy atom. The second-order valence-corrected chi connectivity index (χ2v) is 7.48. The molecule has 2 heterocycles. The number of amides is 2. The third kappa shape index (κ3) is 4.06. The minimum atomic E-state index is -0.260. The number of fused-ring (bicyclic) bond motifs is 1. The highest BCUT2D eigenvalue weighted by molar-refractivity contribution is 5.99. The number of carbonyl (C=O) groups excluding carboxylic acids is 3. The molecule has 1 aromatic heterocycles. The molecular formula is C23H23N3O3. The highest BCUT2D eigenvalue weighted by atomic mass is 16.2. The maximum Gasteiger partial charge on any atom is 0.270 e. The molecular weight excluding hydrogens is 366 g/mol. The van der Waals surface area contributed by atoms with Crippen molar-refractivity contribution >= 4 is 34.2 Å². The van der Waals surface area contributed by atoms with Gasteiger partial charge in [0.05, 0.1) is 5.92 Å². The number of likely N-dealkylation sites (tertiary alicyclic amines) is 1. The molecule has 1 aliphatic rings. The van der Waals surface area contributed by atoms with Crippen molar-refractivity contribution in [3.63, 3.8) is 0 Å². The van der Waals surface area contributed by atoms with E-state index in [-0.39, 0.29) is 23.5 Å². The first kappa shape index (κ1) is 18.9. The third-order valence-electron chi connectivity index (χ3n) is 5.40. The first-order valence-electron chi connectivity index (χ1n) is 9.80. The number of para-hydroxylation sites is 1. The third-order valence-corrected chi connectivity index (χ3v) is 5.40. The molecule has 1 fully saturated rings. The van der Waals surface area contributed by atoms with E-state index < -0.39 is 0 Å². The maximum atomic E-state index is 12.9. The monoisotopic (exact) mass is 389 g/mol. The van der Waals surface area contributed by atoms with Crippen molar-refractivity contribution in [2.24, 2.45) is 5.92 Å². The Kier molecular flexibility index (Phi) is 5.16. The van der Waals surface area contributed by atoms with Crippen LogP contribution in [0.3, 0.4) is 0 Å². The van der Waals surface area contributed by atoms with Gasteiger partial charge in [-0.3, -0.25) is 14.4 Å². The predicted octanol–water partition coefficient (Wildman–Crippen LogP) is 3.86. The summed E-state index contributed by atoms with van der Waals surface area (Å²) in [6.45, 7) is 2.55. The number of aromatic amines is 1. The number of nitrogens with zero attached hydrogens (tertiary/aromatic N) is 1. The van der Waals surface area contributed by atoms with E-state index in [9.17, 15) is 14.4 Å². The summed E-state index contributed by atoms with van der Waals surface area (Å²) in [6.07, 6.45) is 1.53. The lowest BCUT2D eigenvalue weighted by atomic mass is 9.96. The molecule has 0 radical (unpaired) electrons. The van der Waals surface area contributed by atoms with Gasteiger partial charge in [0.15, 0.2) is 5.78 Å². The smallest absolute Gasteiger partial charge is 0.270 e. The van der Waals surface area contributed by atoms with Gasteiger partial charge in [0.1, 0.15) is 5.69 Å². The van der Waals surface area contributed by atoms with Crippen LogP contribution in [0, 0.1) is 5.92 Å². The van der Waals surface area contributed by atoms with Crippen LogP contribution in [-0.2, 0) is 4.79 Å². The molecule has 6 heteroatoms. The quantitative estimate of drug-likeness (QED) is 0.665. The topological polar surface area (TPSA) is 82.3 Å². The first-order valence-corrected chi connectivity index (χ1v) is 9.80. The molecule has 0 spiro atoms. The number of ketones is 1. The zero-order valence-electron chi connectivity index (χ0n) is 16.3. The number of anilines is 1. The average molecular weight is 389 g/mol.